The quantitative estimate of drug-likeness (QED) is 0.758. The molecule has 5 nitrogen and oxygen atoms in total. The summed E-state index contributed by atoms with van der Waals surface area (Å²) in [6.07, 6.45) is 3.19. The van der Waals surface area contributed by atoms with E-state index in [0.717, 1.165) is 11.1 Å². The van der Waals surface area contributed by atoms with Gasteiger partial charge in [-0.15, -0.1) is 0 Å². The van der Waals surface area contributed by atoms with Crippen molar-refractivity contribution in [2.24, 2.45) is 0 Å². The van der Waals surface area contributed by atoms with Gasteiger partial charge >= 0.3 is 6.03 Å². The summed E-state index contributed by atoms with van der Waals surface area (Å²) in [5, 5.41) is 14.6. The van der Waals surface area contributed by atoms with E-state index in [-0.39, 0.29) is 0 Å². The van der Waals surface area contributed by atoms with Gasteiger partial charge in [0.15, 0.2) is 0 Å². The predicted octanol–water partition coefficient (Wildman–Crippen LogP) is 4.26. The smallest absolute Gasteiger partial charge is 0.307 e. The number of rotatable bonds is 3. The summed E-state index contributed by atoms with van der Waals surface area (Å²) in [4.78, 5) is 16.2. The fourth-order valence-electron chi connectivity index (χ4n) is 2.31. The Morgan fingerprint density at radius 3 is 2.54 bits per heavy atom. The number of anilines is 2. The van der Waals surface area contributed by atoms with Crippen LogP contribution >= 0.6 is 0 Å². The van der Waals surface area contributed by atoms with Crippen molar-refractivity contribution in [3.05, 3.63) is 78.6 Å². The molecule has 3 aromatic rings. The lowest BCUT2D eigenvalue weighted by atomic mass is 10.0. The van der Waals surface area contributed by atoms with Gasteiger partial charge in [0.2, 0.25) is 0 Å². The van der Waals surface area contributed by atoms with E-state index >= 15 is 0 Å². The van der Waals surface area contributed by atoms with E-state index in [1.54, 1.807) is 36.7 Å². The van der Waals surface area contributed by atoms with Gasteiger partial charge in [-0.2, -0.15) is 5.26 Å². The third kappa shape index (κ3) is 3.57. The highest BCUT2D eigenvalue weighted by molar-refractivity contribution is 6.02. The lowest BCUT2D eigenvalue weighted by Gasteiger charge is -2.12. The molecule has 1 heterocycles. The molecule has 3 rings (SSSR count). The van der Waals surface area contributed by atoms with Crippen molar-refractivity contribution in [1.82, 2.24) is 4.98 Å². The minimum Gasteiger partial charge on any atom is -0.307 e. The Kier molecular flexibility index (Phi) is 4.50. The van der Waals surface area contributed by atoms with Crippen molar-refractivity contribution < 1.29 is 4.79 Å². The van der Waals surface area contributed by atoms with E-state index in [2.05, 4.69) is 21.7 Å². The van der Waals surface area contributed by atoms with Crippen molar-refractivity contribution in [2.75, 3.05) is 10.6 Å². The van der Waals surface area contributed by atoms with Crippen LogP contribution in [0.4, 0.5) is 16.2 Å². The number of carbonyl (C=O) groups is 1. The van der Waals surface area contributed by atoms with Crippen LogP contribution in [0, 0.1) is 11.3 Å². The molecule has 0 aliphatic rings. The molecule has 0 unspecified atom stereocenters. The Morgan fingerprint density at radius 2 is 1.83 bits per heavy atom. The summed E-state index contributed by atoms with van der Waals surface area (Å²) < 4.78 is 0. The largest absolute Gasteiger partial charge is 0.323 e. The molecule has 2 amide bonds. The first-order valence-corrected chi connectivity index (χ1v) is 7.34. The highest BCUT2D eigenvalue weighted by atomic mass is 16.2. The number of carbonyl (C=O) groups excluding carboxylic acids is 1. The van der Waals surface area contributed by atoms with Gasteiger partial charge in [0.1, 0.15) is 0 Å². The van der Waals surface area contributed by atoms with E-state index in [0.29, 0.717) is 16.9 Å². The van der Waals surface area contributed by atoms with Crippen LogP contribution in [0.3, 0.4) is 0 Å². The first-order chi connectivity index (χ1) is 11.8. The van der Waals surface area contributed by atoms with E-state index in [1.165, 1.54) is 0 Å². The van der Waals surface area contributed by atoms with Crippen molar-refractivity contribution in [1.29, 1.82) is 5.26 Å². The van der Waals surface area contributed by atoms with E-state index < -0.39 is 6.03 Å². The number of hydrogen-bond donors (Lipinski definition) is 2. The van der Waals surface area contributed by atoms with Crippen LogP contribution in [0.5, 0.6) is 0 Å². The van der Waals surface area contributed by atoms with E-state index in [1.807, 2.05) is 36.4 Å². The summed E-state index contributed by atoms with van der Waals surface area (Å²) in [6.45, 7) is 0. The molecule has 2 aromatic carbocycles. The van der Waals surface area contributed by atoms with Gasteiger partial charge in [-0.3, -0.25) is 4.98 Å². The molecule has 0 radical (unpaired) electrons. The number of hydrogen-bond acceptors (Lipinski definition) is 3. The van der Waals surface area contributed by atoms with Crippen LogP contribution in [0.2, 0.25) is 0 Å². The molecule has 2 N–H and O–H groups in total. The van der Waals surface area contributed by atoms with Crippen LogP contribution in [0.15, 0.2) is 73.1 Å². The average Bonchev–Trinajstić information content (AvgIpc) is 2.63. The molecular formula is C19H14N4O. The number of nitrogens with zero attached hydrogens (tertiary/aromatic N) is 2. The Balaban J connectivity index is 1.88. The number of nitriles is 1. The molecular weight excluding hydrogens is 300 g/mol. The summed E-state index contributed by atoms with van der Waals surface area (Å²) >= 11 is 0. The minimum atomic E-state index is -0.393. The molecule has 0 saturated heterocycles. The average molecular weight is 314 g/mol. The zero-order valence-electron chi connectivity index (χ0n) is 12.7. The topological polar surface area (TPSA) is 77.8 Å². The van der Waals surface area contributed by atoms with Gasteiger partial charge in [0.05, 0.1) is 29.2 Å². The molecule has 0 atom stereocenters. The van der Waals surface area contributed by atoms with Gasteiger partial charge < -0.3 is 10.6 Å². The lowest BCUT2D eigenvalue weighted by molar-refractivity contribution is 0.262. The second-order valence-electron chi connectivity index (χ2n) is 5.06. The van der Waals surface area contributed by atoms with Crippen LogP contribution < -0.4 is 10.6 Å². The molecule has 0 aliphatic carbocycles. The fraction of sp³-hybridized carbons (Fsp3) is 0. The van der Waals surface area contributed by atoms with Crippen LogP contribution in [-0.2, 0) is 0 Å². The minimum absolute atomic E-state index is 0.393. The van der Waals surface area contributed by atoms with Crippen LogP contribution in [-0.4, -0.2) is 11.0 Å². The fourth-order valence-corrected chi connectivity index (χ4v) is 2.31. The van der Waals surface area contributed by atoms with Gasteiger partial charge in [0.25, 0.3) is 0 Å². The zero-order valence-corrected chi connectivity index (χ0v) is 12.7. The first-order valence-electron chi connectivity index (χ1n) is 7.34. The molecule has 0 bridgehead atoms. The summed E-state index contributed by atoms with van der Waals surface area (Å²) in [5.74, 6) is 0. The van der Waals surface area contributed by atoms with E-state index in [4.69, 9.17) is 5.26 Å². The van der Waals surface area contributed by atoms with Gasteiger partial charge in [-0.1, -0.05) is 36.4 Å². The van der Waals surface area contributed by atoms with Gasteiger partial charge in [-0.05, 0) is 29.8 Å². The molecule has 0 spiro atoms. The molecule has 0 fully saturated rings. The number of amides is 2. The molecule has 0 aliphatic heterocycles. The third-order valence-corrected chi connectivity index (χ3v) is 3.40. The van der Waals surface area contributed by atoms with Crippen molar-refractivity contribution in [3.8, 4) is 17.2 Å². The predicted molar refractivity (Wildman–Crippen MR) is 93.5 cm³/mol. The number of benzene rings is 2. The SMILES string of the molecule is N#Cc1ccc(-c2ccccc2)c(NC(=O)Nc2cccnc2)c1. The Labute approximate surface area is 139 Å². The van der Waals surface area contributed by atoms with Crippen LogP contribution in [0.25, 0.3) is 11.1 Å². The zero-order chi connectivity index (χ0) is 16.8. The first kappa shape index (κ1) is 15.3. The summed E-state index contributed by atoms with van der Waals surface area (Å²) in [6, 6.07) is 20.1. The molecule has 5 heteroatoms. The maximum absolute atomic E-state index is 12.2. The molecule has 1 aromatic heterocycles. The Bertz CT molecular complexity index is 886. The van der Waals surface area contributed by atoms with Crippen LogP contribution in [0.1, 0.15) is 5.56 Å². The summed E-state index contributed by atoms with van der Waals surface area (Å²) in [7, 11) is 0. The van der Waals surface area contributed by atoms with Gasteiger partial charge in [0, 0.05) is 11.8 Å². The Hall–Kier alpha value is -3.65. The second-order valence-corrected chi connectivity index (χ2v) is 5.06. The van der Waals surface area contributed by atoms with Crippen molar-refractivity contribution in [2.45, 2.75) is 0 Å². The molecule has 116 valence electrons. The third-order valence-electron chi connectivity index (χ3n) is 3.40. The van der Waals surface area contributed by atoms with Crippen molar-refractivity contribution >= 4 is 17.4 Å². The Morgan fingerprint density at radius 1 is 1.00 bits per heavy atom. The highest BCUT2D eigenvalue weighted by Crippen LogP contribution is 2.29. The second kappa shape index (κ2) is 7.07. The number of aromatic nitrogens is 1. The molecule has 0 saturated carbocycles. The summed E-state index contributed by atoms with van der Waals surface area (Å²) in [5.41, 5.74) is 3.44. The van der Waals surface area contributed by atoms with Crippen molar-refractivity contribution in [3.63, 3.8) is 0 Å². The standard InChI is InChI=1S/C19H14N4O/c20-12-14-8-9-17(15-5-2-1-3-6-15)18(11-14)23-19(24)22-16-7-4-10-21-13-16/h1-11,13H,(H2,22,23,24). The lowest BCUT2D eigenvalue weighted by Crippen LogP contribution is -2.20. The van der Waals surface area contributed by atoms with E-state index in [9.17, 15) is 4.79 Å². The number of nitrogens with one attached hydrogen (secondary N) is 2. The monoisotopic (exact) mass is 314 g/mol. The maximum atomic E-state index is 12.2. The maximum Gasteiger partial charge on any atom is 0.323 e. The van der Waals surface area contributed by atoms with Gasteiger partial charge in [-0.25, -0.2) is 4.79 Å². The number of urea groups is 1. The normalized spacial score (nSPS) is 9.79. The number of pyridine rings is 1. The highest BCUT2D eigenvalue weighted by Gasteiger charge is 2.10. The molecule has 24 heavy (non-hydrogen) atoms.